The molecule has 0 bridgehead atoms. The van der Waals surface area contributed by atoms with E-state index >= 15 is 0 Å². The van der Waals surface area contributed by atoms with Gasteiger partial charge in [0, 0.05) is 4.90 Å². The maximum absolute atomic E-state index is 13.0. The van der Waals surface area contributed by atoms with E-state index in [1.165, 1.54) is 30.8 Å². The molecular weight excluding hydrogens is 367 g/mol. The number of halogens is 3. The standard InChI is InChI=1S/C18H16F3NO3S/c1-11(25-17(24)12-7-9-13(26-2)10-8-12)16(23)22-15-6-4-3-5-14(15)18(19,20)21/h3-11H,1-2H3,(H,22,23)/t11-/m0/s1. The second-order valence-electron chi connectivity index (χ2n) is 5.31. The van der Waals surface area contributed by atoms with Gasteiger partial charge in [0.15, 0.2) is 6.10 Å². The summed E-state index contributed by atoms with van der Waals surface area (Å²) < 4.78 is 43.9. The molecule has 0 fully saturated rings. The summed E-state index contributed by atoms with van der Waals surface area (Å²) in [5.41, 5.74) is -1.12. The fourth-order valence-electron chi connectivity index (χ4n) is 2.08. The molecule has 8 heteroatoms. The minimum atomic E-state index is -4.61. The Balaban J connectivity index is 2.05. The average Bonchev–Trinajstić information content (AvgIpc) is 2.61. The van der Waals surface area contributed by atoms with Gasteiger partial charge < -0.3 is 10.1 Å². The first-order valence-electron chi connectivity index (χ1n) is 7.54. The lowest BCUT2D eigenvalue weighted by Crippen LogP contribution is -2.30. The molecular formula is C18H16F3NO3S. The summed E-state index contributed by atoms with van der Waals surface area (Å²) in [5.74, 6) is -1.58. The minimum Gasteiger partial charge on any atom is -0.449 e. The van der Waals surface area contributed by atoms with Crippen molar-refractivity contribution in [1.82, 2.24) is 0 Å². The van der Waals surface area contributed by atoms with E-state index in [-0.39, 0.29) is 5.56 Å². The third-order valence-corrected chi connectivity index (χ3v) is 4.21. The number of hydrogen-bond donors (Lipinski definition) is 1. The Labute approximate surface area is 152 Å². The Morgan fingerprint density at radius 1 is 1.08 bits per heavy atom. The number of carbonyl (C=O) groups is 2. The summed E-state index contributed by atoms with van der Waals surface area (Å²) in [6.45, 7) is 1.29. The molecule has 4 nitrogen and oxygen atoms in total. The van der Waals surface area contributed by atoms with Gasteiger partial charge in [-0.05, 0) is 49.6 Å². The highest BCUT2D eigenvalue weighted by atomic mass is 32.2. The highest BCUT2D eigenvalue weighted by Crippen LogP contribution is 2.34. The van der Waals surface area contributed by atoms with Crippen LogP contribution in [-0.4, -0.2) is 24.2 Å². The molecule has 1 N–H and O–H groups in total. The largest absolute Gasteiger partial charge is 0.449 e. The average molecular weight is 383 g/mol. The number of para-hydroxylation sites is 1. The number of alkyl halides is 3. The fourth-order valence-corrected chi connectivity index (χ4v) is 2.49. The molecule has 2 aromatic carbocycles. The van der Waals surface area contributed by atoms with Crippen molar-refractivity contribution >= 4 is 29.3 Å². The van der Waals surface area contributed by atoms with Gasteiger partial charge in [-0.25, -0.2) is 4.79 Å². The van der Waals surface area contributed by atoms with E-state index in [4.69, 9.17) is 4.74 Å². The number of hydrogen-bond acceptors (Lipinski definition) is 4. The van der Waals surface area contributed by atoms with Crippen LogP contribution in [0.1, 0.15) is 22.8 Å². The second kappa shape index (κ2) is 8.27. The van der Waals surface area contributed by atoms with E-state index in [2.05, 4.69) is 5.32 Å². The summed E-state index contributed by atoms with van der Waals surface area (Å²) in [7, 11) is 0. The number of ether oxygens (including phenoxy) is 1. The summed E-state index contributed by atoms with van der Waals surface area (Å²) in [6.07, 6.45) is -3.98. The maximum Gasteiger partial charge on any atom is 0.418 e. The number of rotatable bonds is 5. The predicted molar refractivity (Wildman–Crippen MR) is 93.2 cm³/mol. The molecule has 0 aliphatic carbocycles. The van der Waals surface area contributed by atoms with Crippen molar-refractivity contribution < 1.29 is 27.5 Å². The third kappa shape index (κ3) is 5.01. The first-order chi connectivity index (χ1) is 12.2. The number of anilines is 1. The molecule has 1 amide bonds. The molecule has 0 radical (unpaired) electrons. The Kier molecular flexibility index (Phi) is 6.31. The topological polar surface area (TPSA) is 55.4 Å². The van der Waals surface area contributed by atoms with E-state index in [1.807, 2.05) is 6.26 Å². The van der Waals surface area contributed by atoms with Gasteiger partial charge >= 0.3 is 12.1 Å². The molecule has 2 rings (SSSR count). The van der Waals surface area contributed by atoms with E-state index in [0.29, 0.717) is 0 Å². The van der Waals surface area contributed by atoms with Gasteiger partial charge in [-0.15, -0.1) is 11.8 Å². The van der Waals surface area contributed by atoms with Crippen molar-refractivity contribution in [1.29, 1.82) is 0 Å². The van der Waals surface area contributed by atoms with Gasteiger partial charge in [-0.2, -0.15) is 13.2 Å². The van der Waals surface area contributed by atoms with Gasteiger partial charge in [0.05, 0.1) is 16.8 Å². The smallest absolute Gasteiger partial charge is 0.418 e. The molecule has 0 saturated carbocycles. The van der Waals surface area contributed by atoms with Crippen LogP contribution in [0.5, 0.6) is 0 Å². The first kappa shape index (κ1) is 19.8. The van der Waals surface area contributed by atoms with Gasteiger partial charge in [-0.1, -0.05) is 12.1 Å². The Morgan fingerprint density at radius 2 is 1.69 bits per heavy atom. The Morgan fingerprint density at radius 3 is 2.27 bits per heavy atom. The van der Waals surface area contributed by atoms with Gasteiger partial charge in [0.25, 0.3) is 5.91 Å². The molecule has 26 heavy (non-hydrogen) atoms. The third-order valence-electron chi connectivity index (χ3n) is 3.47. The summed E-state index contributed by atoms with van der Waals surface area (Å²) in [5, 5.41) is 2.15. The highest BCUT2D eigenvalue weighted by Gasteiger charge is 2.34. The Bertz CT molecular complexity index is 791. The molecule has 138 valence electrons. The van der Waals surface area contributed by atoms with Crippen molar-refractivity contribution in [2.75, 3.05) is 11.6 Å². The van der Waals surface area contributed by atoms with Crippen molar-refractivity contribution in [3.63, 3.8) is 0 Å². The maximum atomic E-state index is 13.0. The van der Waals surface area contributed by atoms with Crippen molar-refractivity contribution in [2.45, 2.75) is 24.1 Å². The number of nitrogens with one attached hydrogen (secondary N) is 1. The second-order valence-corrected chi connectivity index (χ2v) is 6.19. The van der Waals surface area contributed by atoms with E-state index in [0.717, 1.165) is 17.0 Å². The zero-order chi connectivity index (χ0) is 19.3. The lowest BCUT2D eigenvalue weighted by Gasteiger charge is -2.16. The normalized spacial score (nSPS) is 12.3. The van der Waals surface area contributed by atoms with Crippen LogP contribution in [0, 0.1) is 0 Å². The summed E-state index contributed by atoms with van der Waals surface area (Å²) >= 11 is 1.50. The van der Waals surface area contributed by atoms with Crippen LogP contribution in [0.25, 0.3) is 0 Å². The Hall–Kier alpha value is -2.48. The number of amides is 1. The van der Waals surface area contributed by atoms with E-state index < -0.39 is 35.4 Å². The molecule has 0 aliphatic heterocycles. The van der Waals surface area contributed by atoms with Crippen molar-refractivity contribution in [3.8, 4) is 0 Å². The van der Waals surface area contributed by atoms with Gasteiger partial charge in [0.1, 0.15) is 0 Å². The van der Waals surface area contributed by atoms with Crippen LogP contribution in [0.3, 0.4) is 0 Å². The first-order valence-corrected chi connectivity index (χ1v) is 8.77. The SMILES string of the molecule is CSc1ccc(C(=O)O[C@@H](C)C(=O)Nc2ccccc2C(F)(F)F)cc1. The number of benzene rings is 2. The van der Waals surface area contributed by atoms with Crippen LogP contribution in [0.15, 0.2) is 53.4 Å². The molecule has 1 atom stereocenters. The quantitative estimate of drug-likeness (QED) is 0.605. The molecule has 2 aromatic rings. The predicted octanol–water partition coefficient (Wildman–Crippen LogP) is 4.61. The molecule has 0 heterocycles. The van der Waals surface area contributed by atoms with Crippen LogP contribution < -0.4 is 5.32 Å². The van der Waals surface area contributed by atoms with E-state index in [9.17, 15) is 22.8 Å². The minimum absolute atomic E-state index is 0.248. The summed E-state index contributed by atoms with van der Waals surface area (Å²) in [4.78, 5) is 25.1. The summed E-state index contributed by atoms with van der Waals surface area (Å²) in [6, 6.07) is 11.2. The zero-order valence-corrected chi connectivity index (χ0v) is 14.8. The fraction of sp³-hybridized carbons (Fsp3) is 0.222. The molecule has 0 aromatic heterocycles. The van der Waals surface area contributed by atoms with E-state index in [1.54, 1.807) is 24.3 Å². The molecule has 0 spiro atoms. The van der Waals surface area contributed by atoms with Crippen molar-refractivity contribution in [2.24, 2.45) is 0 Å². The molecule has 0 saturated heterocycles. The molecule has 0 aliphatic rings. The lowest BCUT2D eigenvalue weighted by molar-refractivity contribution is -0.137. The molecule has 0 unspecified atom stereocenters. The zero-order valence-electron chi connectivity index (χ0n) is 14.0. The highest BCUT2D eigenvalue weighted by molar-refractivity contribution is 7.98. The number of esters is 1. The van der Waals surface area contributed by atoms with Crippen LogP contribution >= 0.6 is 11.8 Å². The van der Waals surface area contributed by atoms with Crippen molar-refractivity contribution in [3.05, 3.63) is 59.7 Å². The van der Waals surface area contributed by atoms with Crippen LogP contribution in [0.2, 0.25) is 0 Å². The number of thioether (sulfide) groups is 1. The monoisotopic (exact) mass is 383 g/mol. The van der Waals surface area contributed by atoms with Crippen LogP contribution in [-0.2, 0) is 15.7 Å². The lowest BCUT2D eigenvalue weighted by atomic mass is 10.1. The van der Waals surface area contributed by atoms with Gasteiger partial charge in [-0.3, -0.25) is 4.79 Å². The number of carbonyl (C=O) groups excluding carboxylic acids is 2. The van der Waals surface area contributed by atoms with Crippen LogP contribution in [0.4, 0.5) is 18.9 Å². The van der Waals surface area contributed by atoms with Gasteiger partial charge in [0.2, 0.25) is 0 Å².